The molecule has 2 heterocycles. The highest BCUT2D eigenvalue weighted by Gasteiger charge is 2.41. The molecule has 0 amide bonds. The highest BCUT2D eigenvalue weighted by atomic mass is 19.4. The lowest BCUT2D eigenvalue weighted by Gasteiger charge is -2.22. The molecule has 0 atom stereocenters. The fraction of sp³-hybridized carbons (Fsp3) is 0.0299. The van der Waals surface area contributed by atoms with Crippen molar-refractivity contribution >= 4 is 43.6 Å². The van der Waals surface area contributed by atoms with E-state index in [1.54, 1.807) is 106 Å². The summed E-state index contributed by atoms with van der Waals surface area (Å²) in [6.45, 7) is 0. The molecular formula is C67H33F6N7. The first-order valence-electron chi connectivity index (χ1n) is 24.7. The molecule has 0 radical (unpaired) electrons. The third kappa shape index (κ3) is 8.48. The number of nitrogens with zero attached hydrogens (tertiary/aromatic N) is 7. The first-order valence-corrected chi connectivity index (χ1v) is 24.7. The fourth-order valence-electron chi connectivity index (χ4n) is 10.9. The lowest BCUT2D eigenvalue weighted by molar-refractivity contribution is -0.142. The molecule has 0 unspecified atom stereocenters. The van der Waals surface area contributed by atoms with Crippen LogP contribution < -0.4 is 0 Å². The summed E-state index contributed by atoms with van der Waals surface area (Å²) in [6.07, 6.45) is -10.6. The number of rotatable bonds is 7. The maximum absolute atomic E-state index is 15.6. The number of fused-ring (bicyclic) bond motifs is 6. The molecule has 0 N–H and O–H groups in total. The van der Waals surface area contributed by atoms with Gasteiger partial charge in [-0.05, 0) is 147 Å². The van der Waals surface area contributed by atoms with Crippen molar-refractivity contribution in [3.05, 3.63) is 239 Å². The Morgan fingerprint density at radius 3 is 0.825 bits per heavy atom. The van der Waals surface area contributed by atoms with Crippen LogP contribution in [0, 0.1) is 56.7 Å². The van der Waals surface area contributed by atoms with E-state index < -0.39 is 34.6 Å². The van der Waals surface area contributed by atoms with Crippen molar-refractivity contribution in [1.82, 2.24) is 9.13 Å². The first-order chi connectivity index (χ1) is 38.7. The molecule has 12 aromatic rings. The van der Waals surface area contributed by atoms with Gasteiger partial charge in [-0.25, -0.2) is 0 Å². The van der Waals surface area contributed by atoms with Crippen molar-refractivity contribution < 1.29 is 26.3 Å². The maximum atomic E-state index is 15.6. The van der Waals surface area contributed by atoms with Gasteiger partial charge in [0, 0.05) is 27.1 Å². The highest BCUT2D eigenvalue weighted by molar-refractivity contribution is 6.13. The van der Waals surface area contributed by atoms with Crippen LogP contribution in [0.1, 0.15) is 38.9 Å². The van der Waals surface area contributed by atoms with Crippen LogP contribution in [0.15, 0.2) is 200 Å². The molecule has 2 aromatic heterocycles. The third-order valence-corrected chi connectivity index (χ3v) is 14.5. The van der Waals surface area contributed by atoms with E-state index in [4.69, 9.17) is 0 Å². The van der Waals surface area contributed by atoms with Gasteiger partial charge in [-0.1, -0.05) is 103 Å². The van der Waals surface area contributed by atoms with Gasteiger partial charge in [0.25, 0.3) is 0 Å². The maximum Gasteiger partial charge on any atom is 0.417 e. The van der Waals surface area contributed by atoms with Gasteiger partial charge in [-0.15, -0.1) is 0 Å². The minimum absolute atomic E-state index is 0.0679. The molecule has 0 saturated heterocycles. The molecule has 80 heavy (non-hydrogen) atoms. The fourth-order valence-corrected chi connectivity index (χ4v) is 10.9. The zero-order chi connectivity index (χ0) is 55.6. The van der Waals surface area contributed by atoms with Crippen LogP contribution in [-0.2, 0) is 12.4 Å². The van der Waals surface area contributed by atoms with Crippen LogP contribution in [0.5, 0.6) is 0 Å². The number of alkyl halides is 6. The summed E-state index contributed by atoms with van der Waals surface area (Å²) in [6, 6.07) is 64.8. The third-order valence-electron chi connectivity index (χ3n) is 14.5. The first kappa shape index (κ1) is 49.7. The predicted molar refractivity (Wildman–Crippen MR) is 296 cm³/mol. The smallest absolute Gasteiger partial charge is 0.308 e. The Kier molecular flexibility index (Phi) is 11.9. The van der Waals surface area contributed by atoms with Gasteiger partial charge in [0.1, 0.15) is 11.6 Å². The van der Waals surface area contributed by atoms with E-state index >= 15 is 26.3 Å². The SMILES string of the molecule is N#Cc1cccc(-c2ccc3c4ccc(-c5cccc(C#N)c5)cc4n(-c4cc(-c5c(C(F)(F)F)cccc5C(F)(F)F)cc(-n5c6cc(-c7cccc(C#N)c7)ccc6c6ccc(-c7cccc(C#N)c7)cc65)c4C#N)c3c2)c1. The average Bonchev–Trinajstić information content (AvgIpc) is 4.12. The summed E-state index contributed by atoms with van der Waals surface area (Å²) in [5.74, 6) is 0. The van der Waals surface area contributed by atoms with Crippen LogP contribution in [0.25, 0.3) is 111 Å². The van der Waals surface area contributed by atoms with E-state index in [1.165, 1.54) is 12.1 Å². The molecule has 378 valence electrons. The molecule has 0 fully saturated rings. The summed E-state index contributed by atoms with van der Waals surface area (Å²) in [5, 5.41) is 54.0. The molecule has 0 aliphatic rings. The van der Waals surface area contributed by atoms with Crippen molar-refractivity contribution in [1.29, 1.82) is 26.3 Å². The van der Waals surface area contributed by atoms with Crippen LogP contribution >= 0.6 is 0 Å². The molecule has 0 aliphatic heterocycles. The predicted octanol–water partition coefficient (Wildman–Crippen LogP) is 17.6. The molecule has 7 nitrogen and oxygen atoms in total. The molecule has 0 aliphatic carbocycles. The number of nitriles is 5. The normalized spacial score (nSPS) is 11.6. The second-order valence-electron chi connectivity index (χ2n) is 19.1. The second-order valence-corrected chi connectivity index (χ2v) is 19.1. The van der Waals surface area contributed by atoms with E-state index in [0.29, 0.717) is 123 Å². The number of hydrogen-bond acceptors (Lipinski definition) is 5. The number of benzene rings is 10. The van der Waals surface area contributed by atoms with E-state index in [0.717, 1.165) is 6.07 Å². The summed E-state index contributed by atoms with van der Waals surface area (Å²) in [5.41, 5.74) is 3.10. The number of hydrogen-bond donors (Lipinski definition) is 0. The average molecular weight is 1050 g/mol. The minimum atomic E-state index is -5.30. The van der Waals surface area contributed by atoms with Crippen LogP contribution in [0.2, 0.25) is 0 Å². The number of aromatic nitrogens is 2. The van der Waals surface area contributed by atoms with Gasteiger partial charge in [-0.2, -0.15) is 52.7 Å². The molecule has 0 spiro atoms. The van der Waals surface area contributed by atoms with Crippen molar-refractivity contribution in [2.45, 2.75) is 12.4 Å². The Morgan fingerprint density at radius 1 is 0.287 bits per heavy atom. The Balaban J connectivity index is 1.28. The lowest BCUT2D eigenvalue weighted by atomic mass is 9.91. The standard InChI is InChI=1S/C67H33F6N7/c68-66(69,70)57-14-5-15-58(67(71,72)73)65(57)51-32-63(79-59-28-47(43-10-1-6-39(24-43)34-74)16-20-52(59)53-21-17-48(29-60(53)79)44-11-2-7-40(25-44)35-75)56(38-78)64(33-51)80-61-30-49(45-12-3-8-41(26-45)36-76)18-22-54(61)55-23-19-50(31-62(55)80)46-13-4-9-42(27-46)37-77/h1-33H. The van der Waals surface area contributed by atoms with Crippen LogP contribution in [-0.4, -0.2) is 9.13 Å². The largest absolute Gasteiger partial charge is 0.417 e. The zero-order valence-corrected chi connectivity index (χ0v) is 41.5. The monoisotopic (exact) mass is 1050 g/mol. The summed E-state index contributed by atoms with van der Waals surface area (Å²) < 4.78 is 96.7. The quantitative estimate of drug-likeness (QED) is 0.147. The van der Waals surface area contributed by atoms with E-state index in [-0.39, 0.29) is 16.9 Å². The summed E-state index contributed by atoms with van der Waals surface area (Å²) >= 11 is 0. The van der Waals surface area contributed by atoms with Crippen molar-refractivity contribution in [2.24, 2.45) is 0 Å². The Labute approximate surface area is 452 Å². The van der Waals surface area contributed by atoms with Crippen molar-refractivity contribution in [3.63, 3.8) is 0 Å². The molecule has 10 aromatic carbocycles. The zero-order valence-electron chi connectivity index (χ0n) is 41.5. The second kappa shape index (κ2) is 19.1. The molecule has 12 rings (SSSR count). The van der Waals surface area contributed by atoms with Gasteiger partial charge in [0.15, 0.2) is 0 Å². The van der Waals surface area contributed by atoms with Crippen molar-refractivity contribution in [3.8, 4) is 97.4 Å². The van der Waals surface area contributed by atoms with E-state index in [2.05, 4.69) is 30.3 Å². The Bertz CT molecular complexity index is 4310. The molecular weight excluding hydrogens is 1020 g/mol. The molecule has 0 bridgehead atoms. The van der Waals surface area contributed by atoms with Gasteiger partial charge in [0.05, 0.1) is 91.1 Å². The van der Waals surface area contributed by atoms with E-state index in [1.807, 2.05) is 72.8 Å². The van der Waals surface area contributed by atoms with Crippen LogP contribution in [0.4, 0.5) is 26.3 Å². The van der Waals surface area contributed by atoms with Crippen LogP contribution in [0.3, 0.4) is 0 Å². The van der Waals surface area contributed by atoms with Gasteiger partial charge >= 0.3 is 12.4 Å². The lowest BCUT2D eigenvalue weighted by Crippen LogP contribution is -2.15. The summed E-state index contributed by atoms with van der Waals surface area (Å²) in [4.78, 5) is 0. The number of halogens is 6. The Morgan fingerprint density at radius 2 is 0.562 bits per heavy atom. The van der Waals surface area contributed by atoms with Gasteiger partial charge in [-0.3, -0.25) is 0 Å². The highest BCUT2D eigenvalue weighted by Crippen LogP contribution is 2.48. The molecule has 13 heteroatoms. The summed E-state index contributed by atoms with van der Waals surface area (Å²) in [7, 11) is 0. The minimum Gasteiger partial charge on any atom is -0.308 e. The van der Waals surface area contributed by atoms with Crippen molar-refractivity contribution in [2.75, 3.05) is 0 Å². The van der Waals surface area contributed by atoms with Gasteiger partial charge in [0.2, 0.25) is 0 Å². The van der Waals surface area contributed by atoms with Gasteiger partial charge < -0.3 is 9.13 Å². The van der Waals surface area contributed by atoms with E-state index in [9.17, 15) is 26.3 Å². The topological polar surface area (TPSA) is 129 Å². The Hall–Kier alpha value is -11.2. The molecule has 0 saturated carbocycles.